The Bertz CT molecular complexity index is 1000. The standard InChI is InChI=1S/C28H34N2O4/c1-29(20-24(31)22-13-7-3-8-14-22)25(32)17-28(23-15-9-4-10-16-23)18-26(33)30(27(28)34)19-21-11-5-2-6-12-21/h3-4,7-10,13-16,21,24,31H,2,5-6,11-12,17-20H2,1H3. The normalized spacial score (nSPS) is 22.1. The Balaban J connectivity index is 1.54. The van der Waals surface area contributed by atoms with Crippen molar-refractivity contribution >= 4 is 17.7 Å². The van der Waals surface area contributed by atoms with E-state index in [0.717, 1.165) is 31.2 Å². The fourth-order valence-corrected chi connectivity index (χ4v) is 5.37. The molecule has 2 unspecified atom stereocenters. The van der Waals surface area contributed by atoms with Gasteiger partial charge in [0.1, 0.15) is 0 Å². The molecule has 0 radical (unpaired) electrons. The first-order chi connectivity index (χ1) is 16.4. The topological polar surface area (TPSA) is 77.9 Å². The maximum Gasteiger partial charge on any atom is 0.240 e. The lowest BCUT2D eigenvalue weighted by molar-refractivity contribution is -0.143. The molecule has 180 valence electrons. The summed E-state index contributed by atoms with van der Waals surface area (Å²) in [6.45, 7) is 0.560. The van der Waals surface area contributed by atoms with E-state index < -0.39 is 11.5 Å². The molecule has 2 atom stereocenters. The van der Waals surface area contributed by atoms with Gasteiger partial charge >= 0.3 is 0 Å². The molecule has 1 N–H and O–H groups in total. The van der Waals surface area contributed by atoms with Gasteiger partial charge in [0.25, 0.3) is 0 Å². The number of benzene rings is 2. The minimum Gasteiger partial charge on any atom is -0.387 e. The van der Waals surface area contributed by atoms with Gasteiger partial charge in [0.15, 0.2) is 0 Å². The molecule has 1 heterocycles. The molecule has 2 aromatic rings. The molecule has 0 bridgehead atoms. The van der Waals surface area contributed by atoms with E-state index in [1.165, 1.54) is 16.2 Å². The van der Waals surface area contributed by atoms with Crippen molar-refractivity contribution in [2.75, 3.05) is 20.1 Å². The van der Waals surface area contributed by atoms with Crippen LogP contribution in [0, 0.1) is 5.92 Å². The Morgan fingerprint density at radius 2 is 1.65 bits per heavy atom. The molecule has 3 amide bonds. The first-order valence-electron chi connectivity index (χ1n) is 12.3. The highest BCUT2D eigenvalue weighted by molar-refractivity contribution is 6.10. The van der Waals surface area contributed by atoms with E-state index in [0.29, 0.717) is 18.0 Å². The summed E-state index contributed by atoms with van der Waals surface area (Å²) in [7, 11) is 1.63. The third kappa shape index (κ3) is 5.07. The predicted octanol–water partition coefficient (Wildman–Crippen LogP) is 3.85. The third-order valence-corrected chi connectivity index (χ3v) is 7.41. The van der Waals surface area contributed by atoms with Crippen LogP contribution in [0.1, 0.15) is 62.2 Å². The number of likely N-dealkylation sites (N-methyl/N-ethyl adjacent to an activating group) is 1. The van der Waals surface area contributed by atoms with E-state index in [2.05, 4.69) is 0 Å². The number of carbonyl (C=O) groups excluding carboxylic acids is 3. The number of rotatable bonds is 8. The Hall–Kier alpha value is -2.99. The van der Waals surface area contributed by atoms with Gasteiger partial charge in [-0.2, -0.15) is 0 Å². The monoisotopic (exact) mass is 462 g/mol. The molecule has 0 aromatic heterocycles. The molecule has 1 aliphatic heterocycles. The van der Waals surface area contributed by atoms with Crippen LogP contribution in [0.15, 0.2) is 60.7 Å². The first kappa shape index (κ1) is 24.1. The molecule has 6 heteroatoms. The second-order valence-corrected chi connectivity index (χ2v) is 9.82. The predicted molar refractivity (Wildman–Crippen MR) is 130 cm³/mol. The first-order valence-corrected chi connectivity index (χ1v) is 12.3. The minimum absolute atomic E-state index is 0.00336. The van der Waals surface area contributed by atoms with Crippen LogP contribution in [0.25, 0.3) is 0 Å². The Morgan fingerprint density at radius 3 is 2.29 bits per heavy atom. The zero-order valence-corrected chi connectivity index (χ0v) is 19.9. The number of aliphatic hydroxyl groups is 1. The summed E-state index contributed by atoms with van der Waals surface area (Å²) in [6, 6.07) is 18.4. The van der Waals surface area contributed by atoms with Gasteiger partial charge in [-0.15, -0.1) is 0 Å². The van der Waals surface area contributed by atoms with Crippen LogP contribution in [-0.2, 0) is 19.8 Å². The molecule has 6 nitrogen and oxygen atoms in total. The van der Waals surface area contributed by atoms with Crippen molar-refractivity contribution in [1.82, 2.24) is 9.80 Å². The second kappa shape index (κ2) is 10.5. The van der Waals surface area contributed by atoms with E-state index in [1.54, 1.807) is 7.05 Å². The molecule has 1 aliphatic carbocycles. The summed E-state index contributed by atoms with van der Waals surface area (Å²) in [6.07, 6.45) is 4.64. The van der Waals surface area contributed by atoms with Crippen LogP contribution in [-0.4, -0.2) is 52.8 Å². The number of hydrogen-bond acceptors (Lipinski definition) is 4. The van der Waals surface area contributed by atoms with Crippen LogP contribution >= 0.6 is 0 Å². The summed E-state index contributed by atoms with van der Waals surface area (Å²) < 4.78 is 0. The van der Waals surface area contributed by atoms with Crippen molar-refractivity contribution in [1.29, 1.82) is 0 Å². The zero-order chi connectivity index (χ0) is 24.1. The van der Waals surface area contributed by atoms with Gasteiger partial charge in [0.05, 0.1) is 18.1 Å². The minimum atomic E-state index is -1.20. The highest BCUT2D eigenvalue weighted by Gasteiger charge is 2.54. The summed E-state index contributed by atoms with van der Waals surface area (Å²) in [5, 5.41) is 10.6. The van der Waals surface area contributed by atoms with Gasteiger partial charge in [0.2, 0.25) is 17.7 Å². The molecule has 4 rings (SSSR count). The van der Waals surface area contributed by atoms with Crippen LogP contribution < -0.4 is 0 Å². The lowest BCUT2D eigenvalue weighted by Crippen LogP contribution is -2.44. The second-order valence-electron chi connectivity index (χ2n) is 9.82. The van der Waals surface area contributed by atoms with E-state index in [1.807, 2.05) is 60.7 Å². The van der Waals surface area contributed by atoms with E-state index in [4.69, 9.17) is 0 Å². The summed E-state index contributed by atoms with van der Waals surface area (Å²) in [5.41, 5.74) is 0.228. The maximum absolute atomic E-state index is 13.8. The number of aliphatic hydroxyl groups excluding tert-OH is 1. The maximum atomic E-state index is 13.8. The van der Waals surface area contributed by atoms with E-state index in [-0.39, 0.29) is 37.1 Å². The summed E-state index contributed by atoms with van der Waals surface area (Å²) in [4.78, 5) is 43.1. The summed E-state index contributed by atoms with van der Waals surface area (Å²) >= 11 is 0. The van der Waals surface area contributed by atoms with Crippen LogP contribution in [0.5, 0.6) is 0 Å². The molecular weight excluding hydrogens is 428 g/mol. The van der Waals surface area contributed by atoms with Crippen LogP contribution in [0.4, 0.5) is 0 Å². The van der Waals surface area contributed by atoms with Crippen LogP contribution in [0.3, 0.4) is 0 Å². The molecule has 2 fully saturated rings. The van der Waals surface area contributed by atoms with E-state index >= 15 is 0 Å². The smallest absolute Gasteiger partial charge is 0.240 e. The Labute approximate surface area is 201 Å². The molecule has 2 aliphatic rings. The van der Waals surface area contributed by atoms with Gasteiger partial charge in [-0.1, -0.05) is 79.9 Å². The number of hydrogen-bond donors (Lipinski definition) is 1. The molecule has 1 saturated carbocycles. The van der Waals surface area contributed by atoms with E-state index in [9.17, 15) is 19.5 Å². The summed E-state index contributed by atoms with van der Waals surface area (Å²) in [5.74, 6) is -0.383. The third-order valence-electron chi connectivity index (χ3n) is 7.41. The van der Waals surface area contributed by atoms with Gasteiger partial charge in [-0.3, -0.25) is 19.3 Å². The molecule has 2 aromatic carbocycles. The SMILES string of the molecule is CN(CC(O)c1ccccc1)C(=O)CC1(c2ccccc2)CC(=O)N(CC2CCCCC2)C1=O. The Morgan fingerprint density at radius 1 is 1.03 bits per heavy atom. The molecular formula is C28H34N2O4. The lowest BCUT2D eigenvalue weighted by Gasteiger charge is -2.31. The van der Waals surface area contributed by atoms with Crippen molar-refractivity contribution in [2.45, 2.75) is 56.5 Å². The number of amides is 3. The van der Waals surface area contributed by atoms with Crippen molar-refractivity contribution < 1.29 is 19.5 Å². The highest BCUT2D eigenvalue weighted by Crippen LogP contribution is 2.41. The zero-order valence-electron chi connectivity index (χ0n) is 19.9. The Kier molecular flexibility index (Phi) is 7.47. The van der Waals surface area contributed by atoms with Crippen molar-refractivity contribution in [2.24, 2.45) is 5.92 Å². The van der Waals surface area contributed by atoms with Crippen LogP contribution in [0.2, 0.25) is 0 Å². The lowest BCUT2D eigenvalue weighted by atomic mass is 9.75. The van der Waals surface area contributed by atoms with Gasteiger partial charge in [-0.05, 0) is 29.9 Å². The average molecular weight is 463 g/mol. The number of nitrogens with zero attached hydrogens (tertiary/aromatic N) is 2. The van der Waals surface area contributed by atoms with Gasteiger partial charge < -0.3 is 10.0 Å². The molecule has 34 heavy (non-hydrogen) atoms. The van der Waals surface area contributed by atoms with Gasteiger partial charge in [0, 0.05) is 26.4 Å². The molecule has 0 spiro atoms. The number of carbonyl (C=O) groups is 3. The largest absolute Gasteiger partial charge is 0.387 e. The van der Waals surface area contributed by atoms with Crippen molar-refractivity contribution in [3.05, 3.63) is 71.8 Å². The van der Waals surface area contributed by atoms with Crippen molar-refractivity contribution in [3.8, 4) is 0 Å². The highest BCUT2D eigenvalue weighted by atomic mass is 16.3. The fourth-order valence-electron chi connectivity index (χ4n) is 5.37. The average Bonchev–Trinajstić information content (AvgIpc) is 3.10. The molecule has 1 saturated heterocycles. The van der Waals surface area contributed by atoms with Gasteiger partial charge in [-0.25, -0.2) is 0 Å². The fraction of sp³-hybridized carbons (Fsp3) is 0.464. The van der Waals surface area contributed by atoms with Crippen molar-refractivity contribution in [3.63, 3.8) is 0 Å². The number of imide groups is 1. The quantitative estimate of drug-likeness (QED) is 0.605. The number of likely N-dealkylation sites (tertiary alicyclic amines) is 1.